The van der Waals surface area contributed by atoms with Crippen LogP contribution in [0.1, 0.15) is 26.3 Å². The largest absolute Gasteiger partial charge is 0.507 e. The van der Waals surface area contributed by atoms with E-state index in [-0.39, 0.29) is 11.3 Å². The SMILES string of the molecule is NC(=O)c1ccc(-c2ccc(C(=O)Nc3ccc(O)c(C(F)(F)F)c3)cc2)cc1. The van der Waals surface area contributed by atoms with E-state index in [1.165, 1.54) is 18.2 Å². The topological polar surface area (TPSA) is 92.4 Å². The first-order valence-electron chi connectivity index (χ1n) is 8.37. The number of hydrogen-bond donors (Lipinski definition) is 3. The van der Waals surface area contributed by atoms with Crippen molar-refractivity contribution in [1.29, 1.82) is 0 Å². The highest BCUT2D eigenvalue weighted by Crippen LogP contribution is 2.37. The number of alkyl halides is 3. The lowest BCUT2D eigenvalue weighted by Gasteiger charge is -2.12. The zero-order valence-corrected chi connectivity index (χ0v) is 14.8. The number of amides is 2. The molecule has 3 rings (SSSR count). The zero-order chi connectivity index (χ0) is 21.2. The lowest BCUT2D eigenvalue weighted by Crippen LogP contribution is -2.13. The van der Waals surface area contributed by atoms with Gasteiger partial charge >= 0.3 is 6.18 Å². The predicted molar refractivity (Wildman–Crippen MR) is 101 cm³/mol. The number of carbonyl (C=O) groups is 2. The van der Waals surface area contributed by atoms with E-state index in [1.807, 2.05) is 0 Å². The van der Waals surface area contributed by atoms with Crippen molar-refractivity contribution in [2.45, 2.75) is 6.18 Å². The molecule has 3 aromatic rings. The van der Waals surface area contributed by atoms with Crippen molar-refractivity contribution in [2.24, 2.45) is 5.73 Å². The van der Waals surface area contributed by atoms with E-state index < -0.39 is 29.3 Å². The maximum absolute atomic E-state index is 12.9. The van der Waals surface area contributed by atoms with E-state index in [0.29, 0.717) is 11.6 Å². The fourth-order valence-corrected chi connectivity index (χ4v) is 2.69. The monoisotopic (exact) mass is 400 g/mol. The molecule has 0 aliphatic heterocycles. The number of aromatic hydroxyl groups is 1. The van der Waals surface area contributed by atoms with Crippen LogP contribution in [0.25, 0.3) is 11.1 Å². The van der Waals surface area contributed by atoms with Gasteiger partial charge in [0.25, 0.3) is 5.91 Å². The van der Waals surface area contributed by atoms with Crippen LogP contribution in [0.15, 0.2) is 66.7 Å². The Bertz CT molecular complexity index is 1060. The Morgan fingerprint density at radius 1 is 0.828 bits per heavy atom. The summed E-state index contributed by atoms with van der Waals surface area (Å²) in [5.74, 6) is -2.05. The van der Waals surface area contributed by atoms with Crippen LogP contribution in [0.4, 0.5) is 18.9 Å². The molecule has 148 valence electrons. The van der Waals surface area contributed by atoms with Gasteiger partial charge in [-0.25, -0.2) is 0 Å². The zero-order valence-electron chi connectivity index (χ0n) is 14.8. The minimum atomic E-state index is -4.74. The van der Waals surface area contributed by atoms with Crippen LogP contribution in [0.2, 0.25) is 0 Å². The summed E-state index contributed by atoms with van der Waals surface area (Å²) < 4.78 is 38.6. The molecule has 0 radical (unpaired) electrons. The van der Waals surface area contributed by atoms with Crippen LogP contribution in [-0.2, 0) is 6.18 Å². The van der Waals surface area contributed by atoms with Crippen molar-refractivity contribution in [3.8, 4) is 16.9 Å². The first-order valence-corrected chi connectivity index (χ1v) is 8.37. The molecule has 0 unspecified atom stereocenters. The summed E-state index contributed by atoms with van der Waals surface area (Å²) in [7, 11) is 0. The first kappa shape index (κ1) is 19.9. The number of benzene rings is 3. The van der Waals surface area contributed by atoms with E-state index in [2.05, 4.69) is 5.32 Å². The van der Waals surface area contributed by atoms with Crippen molar-refractivity contribution in [2.75, 3.05) is 5.32 Å². The molecule has 0 atom stereocenters. The van der Waals surface area contributed by atoms with Crippen LogP contribution in [0, 0.1) is 0 Å². The average molecular weight is 400 g/mol. The van der Waals surface area contributed by atoms with E-state index in [4.69, 9.17) is 5.73 Å². The lowest BCUT2D eigenvalue weighted by molar-refractivity contribution is -0.138. The van der Waals surface area contributed by atoms with E-state index in [0.717, 1.165) is 17.2 Å². The number of hydrogen-bond acceptors (Lipinski definition) is 3. The summed E-state index contributed by atoms with van der Waals surface area (Å²) in [6.45, 7) is 0. The van der Waals surface area contributed by atoms with Gasteiger partial charge in [0, 0.05) is 16.8 Å². The summed E-state index contributed by atoms with van der Waals surface area (Å²) in [5.41, 5.74) is 6.07. The van der Waals surface area contributed by atoms with Crippen LogP contribution in [-0.4, -0.2) is 16.9 Å². The van der Waals surface area contributed by atoms with Gasteiger partial charge in [0.2, 0.25) is 5.91 Å². The molecule has 29 heavy (non-hydrogen) atoms. The van der Waals surface area contributed by atoms with Crippen molar-refractivity contribution in [3.63, 3.8) is 0 Å². The van der Waals surface area contributed by atoms with E-state index in [1.54, 1.807) is 36.4 Å². The van der Waals surface area contributed by atoms with Crippen LogP contribution in [0.3, 0.4) is 0 Å². The minimum absolute atomic E-state index is 0.0914. The molecular weight excluding hydrogens is 385 g/mol. The Balaban J connectivity index is 1.76. The number of phenolic OH excluding ortho intramolecular Hbond substituents is 1. The van der Waals surface area contributed by atoms with Gasteiger partial charge in [0.05, 0.1) is 5.56 Å². The average Bonchev–Trinajstić information content (AvgIpc) is 2.68. The van der Waals surface area contributed by atoms with Crippen molar-refractivity contribution in [3.05, 3.63) is 83.4 Å². The molecule has 0 aromatic heterocycles. The highest BCUT2D eigenvalue weighted by atomic mass is 19.4. The number of primary amides is 1. The molecule has 8 heteroatoms. The maximum atomic E-state index is 12.9. The predicted octanol–water partition coefficient (Wildman–Crippen LogP) is 4.43. The molecule has 4 N–H and O–H groups in total. The van der Waals surface area contributed by atoms with Crippen molar-refractivity contribution >= 4 is 17.5 Å². The molecule has 0 saturated heterocycles. The highest BCUT2D eigenvalue weighted by Gasteiger charge is 2.34. The molecule has 0 bridgehead atoms. The normalized spacial score (nSPS) is 11.1. The standard InChI is InChI=1S/C21H15F3N2O3/c22-21(23,24)17-11-16(9-10-18(17)27)26-20(29)15-7-3-13(4-8-15)12-1-5-14(6-2-12)19(25)28/h1-11,27H,(H2,25,28)(H,26,29). The Kier molecular flexibility index (Phi) is 5.27. The number of halogens is 3. The molecule has 0 fully saturated rings. The van der Waals surface area contributed by atoms with Gasteiger partial charge in [-0.1, -0.05) is 24.3 Å². The van der Waals surface area contributed by atoms with Gasteiger partial charge in [0.1, 0.15) is 5.75 Å². The second-order valence-electron chi connectivity index (χ2n) is 6.20. The lowest BCUT2D eigenvalue weighted by atomic mass is 10.0. The van der Waals surface area contributed by atoms with Crippen LogP contribution in [0.5, 0.6) is 5.75 Å². The maximum Gasteiger partial charge on any atom is 0.420 e. The van der Waals surface area contributed by atoms with Crippen LogP contribution < -0.4 is 11.1 Å². The fourth-order valence-electron chi connectivity index (χ4n) is 2.69. The van der Waals surface area contributed by atoms with Crippen molar-refractivity contribution < 1.29 is 27.9 Å². The number of anilines is 1. The molecule has 0 heterocycles. The molecule has 0 aliphatic carbocycles. The number of carbonyl (C=O) groups excluding carboxylic acids is 2. The number of nitrogens with two attached hydrogens (primary N) is 1. The number of phenols is 1. The van der Waals surface area contributed by atoms with Gasteiger partial charge in [-0.3, -0.25) is 9.59 Å². The van der Waals surface area contributed by atoms with Gasteiger partial charge in [-0.2, -0.15) is 13.2 Å². The quantitative estimate of drug-likeness (QED) is 0.566. The first-order chi connectivity index (χ1) is 13.6. The highest BCUT2D eigenvalue weighted by molar-refractivity contribution is 6.04. The molecule has 0 aliphatic rings. The van der Waals surface area contributed by atoms with Gasteiger partial charge in [-0.05, 0) is 53.6 Å². The smallest absolute Gasteiger partial charge is 0.420 e. The number of nitrogens with one attached hydrogen (secondary N) is 1. The van der Waals surface area contributed by atoms with E-state index in [9.17, 15) is 27.9 Å². The summed E-state index contributed by atoms with van der Waals surface area (Å²) in [6, 6.07) is 15.7. The third-order valence-corrected chi connectivity index (χ3v) is 4.21. The summed E-state index contributed by atoms with van der Waals surface area (Å²) in [6.07, 6.45) is -4.74. The molecule has 3 aromatic carbocycles. The molecule has 0 saturated carbocycles. The molecule has 0 spiro atoms. The second kappa shape index (κ2) is 7.67. The summed E-state index contributed by atoms with van der Waals surface area (Å²) in [4.78, 5) is 23.4. The molecular formula is C21H15F3N2O3. The fraction of sp³-hybridized carbons (Fsp3) is 0.0476. The number of rotatable bonds is 4. The van der Waals surface area contributed by atoms with Gasteiger partial charge in [-0.15, -0.1) is 0 Å². The van der Waals surface area contributed by atoms with Gasteiger partial charge < -0.3 is 16.2 Å². The van der Waals surface area contributed by atoms with Gasteiger partial charge in [0.15, 0.2) is 0 Å². The van der Waals surface area contributed by atoms with Crippen LogP contribution >= 0.6 is 0 Å². The van der Waals surface area contributed by atoms with E-state index >= 15 is 0 Å². The Morgan fingerprint density at radius 3 is 1.83 bits per heavy atom. The Labute approximate surface area is 163 Å². The Morgan fingerprint density at radius 2 is 1.34 bits per heavy atom. The molecule has 5 nitrogen and oxygen atoms in total. The summed E-state index contributed by atoms with van der Waals surface area (Å²) in [5, 5.41) is 11.7. The molecule has 2 amide bonds. The van der Waals surface area contributed by atoms with Crippen molar-refractivity contribution in [1.82, 2.24) is 0 Å². The second-order valence-corrected chi connectivity index (χ2v) is 6.20. The minimum Gasteiger partial charge on any atom is -0.507 e. The Hall–Kier alpha value is -3.81. The third kappa shape index (κ3) is 4.55. The third-order valence-electron chi connectivity index (χ3n) is 4.21. The summed E-state index contributed by atoms with van der Waals surface area (Å²) >= 11 is 0.